The van der Waals surface area contributed by atoms with Gasteiger partial charge in [0.25, 0.3) is 0 Å². The first-order valence-electron chi connectivity index (χ1n) is 10.2. The number of hydrogen-bond donors (Lipinski definition) is 3. The summed E-state index contributed by atoms with van der Waals surface area (Å²) in [5.41, 5.74) is 4.83. The number of hydrogen-bond acceptors (Lipinski definition) is 5. The van der Waals surface area contributed by atoms with Gasteiger partial charge < -0.3 is 20.7 Å². The summed E-state index contributed by atoms with van der Waals surface area (Å²) in [5, 5.41) is 8.42. The van der Waals surface area contributed by atoms with Gasteiger partial charge in [-0.15, -0.1) is 0 Å². The second-order valence-electron chi connectivity index (χ2n) is 7.67. The van der Waals surface area contributed by atoms with E-state index >= 15 is 0 Å². The molecule has 0 radical (unpaired) electrons. The van der Waals surface area contributed by atoms with Gasteiger partial charge in [-0.2, -0.15) is 0 Å². The molecule has 8 heteroatoms. The van der Waals surface area contributed by atoms with Gasteiger partial charge in [-0.3, -0.25) is 9.69 Å². The van der Waals surface area contributed by atoms with Crippen LogP contribution < -0.4 is 16.0 Å². The van der Waals surface area contributed by atoms with E-state index in [4.69, 9.17) is 4.74 Å². The van der Waals surface area contributed by atoms with E-state index in [1.165, 1.54) is 0 Å². The summed E-state index contributed by atoms with van der Waals surface area (Å²) >= 11 is 0. The van der Waals surface area contributed by atoms with Crippen LogP contribution in [-0.4, -0.2) is 55.6 Å². The maximum atomic E-state index is 12.6. The van der Waals surface area contributed by atoms with Crippen LogP contribution >= 0.6 is 0 Å². The molecular formula is C22H32N4O4. The Morgan fingerprint density at radius 3 is 2.37 bits per heavy atom. The fraction of sp³-hybridized carbons (Fsp3) is 0.500. The van der Waals surface area contributed by atoms with Crippen LogP contribution in [0.4, 0.5) is 10.5 Å². The van der Waals surface area contributed by atoms with Crippen molar-refractivity contribution in [3.63, 3.8) is 0 Å². The number of amides is 3. The molecule has 30 heavy (non-hydrogen) atoms. The minimum atomic E-state index is -0.462. The molecule has 3 amide bonds. The lowest BCUT2D eigenvalue weighted by Gasteiger charge is -2.30. The lowest BCUT2D eigenvalue weighted by Crippen LogP contribution is -2.52. The highest BCUT2D eigenvalue weighted by Crippen LogP contribution is 2.22. The first-order chi connectivity index (χ1) is 14.2. The zero-order valence-corrected chi connectivity index (χ0v) is 18.6. The van der Waals surface area contributed by atoms with Crippen LogP contribution in [-0.2, 0) is 14.3 Å². The summed E-state index contributed by atoms with van der Waals surface area (Å²) in [4.78, 5) is 38.8. The number of ether oxygens (including phenoxy) is 1. The minimum Gasteiger partial charge on any atom is -0.463 e. The average Bonchev–Trinajstić information content (AvgIpc) is 2.64. The Kier molecular flexibility index (Phi) is 8.00. The fourth-order valence-corrected chi connectivity index (χ4v) is 3.71. The van der Waals surface area contributed by atoms with Gasteiger partial charge in [0.05, 0.1) is 24.8 Å². The fourth-order valence-electron chi connectivity index (χ4n) is 3.71. The molecule has 0 bridgehead atoms. The number of anilines is 1. The van der Waals surface area contributed by atoms with Crippen molar-refractivity contribution in [3.05, 3.63) is 40.1 Å². The van der Waals surface area contributed by atoms with Crippen LogP contribution in [0.2, 0.25) is 0 Å². The molecule has 0 saturated heterocycles. The molecule has 0 aliphatic carbocycles. The largest absolute Gasteiger partial charge is 0.463 e. The van der Waals surface area contributed by atoms with Gasteiger partial charge in [0, 0.05) is 17.9 Å². The SMILES string of the molecule is CCOC(=O)C1=C(CN(C)CC(=O)Nc2c(C)cc(C)cc2C)NC(=O)N[C@H]1CC. The van der Waals surface area contributed by atoms with Crippen molar-refractivity contribution in [2.75, 3.05) is 32.1 Å². The standard InChI is InChI=1S/C22H32N4O4/c1-7-16-19(21(28)30-8-2)17(24-22(29)23-16)11-26(6)12-18(27)25-20-14(4)9-13(3)10-15(20)5/h9-10,16H,7-8,11-12H2,1-6H3,(H,25,27)(H2,23,24,29)/t16-/m0/s1. The molecule has 2 rings (SSSR count). The lowest BCUT2D eigenvalue weighted by atomic mass is 10.00. The van der Waals surface area contributed by atoms with Gasteiger partial charge in [-0.25, -0.2) is 9.59 Å². The van der Waals surface area contributed by atoms with Crippen molar-refractivity contribution < 1.29 is 19.1 Å². The normalized spacial score (nSPS) is 16.2. The number of nitrogens with one attached hydrogen (secondary N) is 3. The topological polar surface area (TPSA) is 99.8 Å². The summed E-state index contributed by atoms with van der Waals surface area (Å²) in [7, 11) is 1.76. The molecule has 0 spiro atoms. The number of benzene rings is 1. The predicted octanol–water partition coefficient (Wildman–Crippen LogP) is 2.39. The number of carbonyl (C=O) groups is 3. The molecule has 1 atom stereocenters. The Hall–Kier alpha value is -2.87. The van der Waals surface area contributed by atoms with E-state index in [-0.39, 0.29) is 31.6 Å². The maximum absolute atomic E-state index is 12.6. The minimum absolute atomic E-state index is 0.104. The van der Waals surface area contributed by atoms with Gasteiger partial charge in [-0.1, -0.05) is 24.6 Å². The summed E-state index contributed by atoms with van der Waals surface area (Å²) in [5.74, 6) is -0.631. The molecule has 0 fully saturated rings. The average molecular weight is 417 g/mol. The van der Waals surface area contributed by atoms with Crippen molar-refractivity contribution in [2.45, 2.75) is 47.1 Å². The van der Waals surface area contributed by atoms with Crippen molar-refractivity contribution in [2.24, 2.45) is 0 Å². The Morgan fingerprint density at radius 2 is 1.80 bits per heavy atom. The van der Waals surface area contributed by atoms with Crippen LogP contribution in [0.5, 0.6) is 0 Å². The van der Waals surface area contributed by atoms with Crippen molar-refractivity contribution in [3.8, 4) is 0 Å². The number of rotatable bonds is 8. The molecule has 1 heterocycles. The Labute approximate surface area is 178 Å². The molecule has 1 aliphatic rings. The van der Waals surface area contributed by atoms with E-state index in [1.807, 2.05) is 39.8 Å². The Morgan fingerprint density at radius 1 is 1.17 bits per heavy atom. The highest BCUT2D eigenvalue weighted by Gasteiger charge is 2.32. The van der Waals surface area contributed by atoms with Crippen LogP contribution in [0.25, 0.3) is 0 Å². The Bertz CT molecular complexity index is 840. The first kappa shape index (κ1) is 23.4. The Balaban J connectivity index is 2.14. The van der Waals surface area contributed by atoms with Crippen molar-refractivity contribution in [1.82, 2.24) is 15.5 Å². The number of esters is 1. The van der Waals surface area contributed by atoms with E-state index in [0.717, 1.165) is 22.4 Å². The molecular weight excluding hydrogens is 384 g/mol. The molecule has 1 aliphatic heterocycles. The van der Waals surface area contributed by atoms with Gasteiger partial charge in [0.15, 0.2) is 0 Å². The molecule has 164 valence electrons. The second kappa shape index (κ2) is 10.2. The van der Waals surface area contributed by atoms with Crippen molar-refractivity contribution >= 4 is 23.6 Å². The quantitative estimate of drug-likeness (QED) is 0.565. The number of urea groups is 1. The van der Waals surface area contributed by atoms with E-state index < -0.39 is 12.0 Å². The van der Waals surface area contributed by atoms with Crippen LogP contribution in [0.3, 0.4) is 0 Å². The second-order valence-corrected chi connectivity index (χ2v) is 7.67. The molecule has 1 aromatic rings. The zero-order valence-electron chi connectivity index (χ0n) is 18.6. The molecule has 8 nitrogen and oxygen atoms in total. The van der Waals surface area contributed by atoms with Gasteiger partial charge in [-0.05, 0) is 52.3 Å². The number of carbonyl (C=O) groups excluding carboxylic acids is 3. The summed E-state index contributed by atoms with van der Waals surface area (Å²) in [6.45, 7) is 10.1. The molecule has 0 unspecified atom stereocenters. The van der Waals surface area contributed by atoms with Crippen LogP contribution in [0, 0.1) is 20.8 Å². The molecule has 1 aromatic carbocycles. The molecule has 0 saturated carbocycles. The first-order valence-corrected chi connectivity index (χ1v) is 10.2. The summed E-state index contributed by atoms with van der Waals surface area (Å²) < 4.78 is 5.17. The van der Waals surface area contributed by atoms with Gasteiger partial charge in [0.1, 0.15) is 0 Å². The summed E-state index contributed by atoms with van der Waals surface area (Å²) in [6.07, 6.45) is 0.557. The number of nitrogens with zero attached hydrogens (tertiary/aromatic N) is 1. The van der Waals surface area contributed by atoms with E-state index in [9.17, 15) is 14.4 Å². The lowest BCUT2D eigenvalue weighted by molar-refractivity contribution is -0.139. The zero-order chi connectivity index (χ0) is 22.4. The third-order valence-electron chi connectivity index (χ3n) is 4.93. The highest BCUT2D eigenvalue weighted by atomic mass is 16.5. The molecule has 0 aromatic heterocycles. The van der Waals surface area contributed by atoms with Crippen LogP contribution in [0.1, 0.15) is 37.0 Å². The third-order valence-corrected chi connectivity index (χ3v) is 4.93. The van der Waals surface area contributed by atoms with E-state index in [0.29, 0.717) is 17.7 Å². The predicted molar refractivity (Wildman–Crippen MR) is 116 cm³/mol. The highest BCUT2D eigenvalue weighted by molar-refractivity contribution is 5.95. The van der Waals surface area contributed by atoms with Crippen molar-refractivity contribution in [1.29, 1.82) is 0 Å². The van der Waals surface area contributed by atoms with Gasteiger partial charge in [0.2, 0.25) is 5.91 Å². The van der Waals surface area contributed by atoms with Gasteiger partial charge >= 0.3 is 12.0 Å². The van der Waals surface area contributed by atoms with E-state index in [1.54, 1.807) is 18.9 Å². The third kappa shape index (κ3) is 5.82. The maximum Gasteiger partial charge on any atom is 0.337 e. The number of likely N-dealkylation sites (N-methyl/N-ethyl adjacent to an activating group) is 1. The van der Waals surface area contributed by atoms with Crippen LogP contribution in [0.15, 0.2) is 23.4 Å². The molecule has 3 N–H and O–H groups in total. The summed E-state index contributed by atoms with van der Waals surface area (Å²) in [6, 6.07) is 3.26. The number of aryl methyl sites for hydroxylation is 3. The van der Waals surface area contributed by atoms with E-state index in [2.05, 4.69) is 16.0 Å². The smallest absolute Gasteiger partial charge is 0.337 e. The monoisotopic (exact) mass is 416 g/mol.